The molecule has 0 saturated heterocycles. The van der Waals surface area contributed by atoms with Crippen LogP contribution in [0.5, 0.6) is 23.0 Å². The summed E-state index contributed by atoms with van der Waals surface area (Å²) in [5.74, 6) is 2.01. The van der Waals surface area contributed by atoms with E-state index in [1.165, 1.54) is 46.3 Å². The summed E-state index contributed by atoms with van der Waals surface area (Å²) in [4.78, 5) is 0. The highest BCUT2D eigenvalue weighted by Crippen LogP contribution is 2.41. The number of benzene rings is 2. The van der Waals surface area contributed by atoms with Gasteiger partial charge in [0.1, 0.15) is 0 Å². The van der Waals surface area contributed by atoms with Gasteiger partial charge in [-0.05, 0) is 29.8 Å². The Morgan fingerprint density at radius 2 is 1.57 bits per heavy atom. The third-order valence-corrected chi connectivity index (χ3v) is 4.79. The minimum absolute atomic E-state index is 0.205. The molecule has 3 rings (SSSR count). The smallest absolute Gasteiger partial charge is 0.277 e. The maximum absolute atomic E-state index is 13.8. The standard InChI is InChI=1S/C19H19FN2O5S/c1-23-14-6-5-11(7-13(14)20)10-28-19-22-21-18(27-19)12-8-15(24-2)17(26-4)16(9-12)25-3/h5-9H,10H2,1-4H3. The summed E-state index contributed by atoms with van der Waals surface area (Å²) in [7, 11) is 6.02. The molecule has 148 valence electrons. The highest BCUT2D eigenvalue weighted by atomic mass is 32.2. The fraction of sp³-hybridized carbons (Fsp3) is 0.263. The molecule has 1 heterocycles. The number of thioether (sulfide) groups is 1. The molecule has 1 aromatic heterocycles. The second-order valence-electron chi connectivity index (χ2n) is 5.54. The zero-order chi connectivity index (χ0) is 20.1. The van der Waals surface area contributed by atoms with Crippen LogP contribution in [0.25, 0.3) is 11.5 Å². The van der Waals surface area contributed by atoms with Crippen LogP contribution in [-0.4, -0.2) is 38.6 Å². The molecule has 0 aliphatic heterocycles. The van der Waals surface area contributed by atoms with Crippen molar-refractivity contribution in [3.05, 3.63) is 41.7 Å². The minimum Gasteiger partial charge on any atom is -0.494 e. The van der Waals surface area contributed by atoms with Gasteiger partial charge in [0.2, 0.25) is 11.6 Å². The molecule has 7 nitrogen and oxygen atoms in total. The van der Waals surface area contributed by atoms with Gasteiger partial charge < -0.3 is 23.4 Å². The molecule has 9 heteroatoms. The first-order chi connectivity index (χ1) is 13.6. The number of hydrogen-bond donors (Lipinski definition) is 0. The van der Waals surface area contributed by atoms with Crippen molar-refractivity contribution in [3.8, 4) is 34.5 Å². The average molecular weight is 406 g/mol. The SMILES string of the molecule is COc1ccc(CSc2nnc(-c3cc(OC)c(OC)c(OC)c3)o2)cc1F. The van der Waals surface area contributed by atoms with Crippen molar-refractivity contribution < 1.29 is 27.8 Å². The lowest BCUT2D eigenvalue weighted by Crippen LogP contribution is -1.95. The largest absolute Gasteiger partial charge is 0.494 e. The zero-order valence-electron chi connectivity index (χ0n) is 15.8. The quantitative estimate of drug-likeness (QED) is 0.515. The van der Waals surface area contributed by atoms with Crippen molar-refractivity contribution in [1.29, 1.82) is 0 Å². The first kappa shape index (κ1) is 19.8. The number of ether oxygens (including phenoxy) is 4. The molecule has 0 bridgehead atoms. The molecule has 0 saturated carbocycles. The van der Waals surface area contributed by atoms with Gasteiger partial charge in [-0.25, -0.2) is 4.39 Å². The molecule has 28 heavy (non-hydrogen) atoms. The molecule has 0 aliphatic carbocycles. The van der Waals surface area contributed by atoms with Crippen molar-refractivity contribution in [3.63, 3.8) is 0 Å². The van der Waals surface area contributed by atoms with Gasteiger partial charge in [-0.2, -0.15) is 0 Å². The molecule has 0 amide bonds. The molecule has 3 aromatic rings. The van der Waals surface area contributed by atoms with Crippen molar-refractivity contribution in [1.82, 2.24) is 10.2 Å². The monoisotopic (exact) mass is 406 g/mol. The molecular formula is C19H19FN2O5S. The summed E-state index contributed by atoms with van der Waals surface area (Å²) < 4.78 is 40.4. The Hall–Kier alpha value is -2.94. The summed E-state index contributed by atoms with van der Waals surface area (Å²) in [6.07, 6.45) is 0. The lowest BCUT2D eigenvalue weighted by atomic mass is 10.2. The molecule has 0 fully saturated rings. The first-order valence-electron chi connectivity index (χ1n) is 8.18. The van der Waals surface area contributed by atoms with Gasteiger partial charge in [0, 0.05) is 11.3 Å². The number of hydrogen-bond acceptors (Lipinski definition) is 8. The third-order valence-electron chi connectivity index (χ3n) is 3.90. The van der Waals surface area contributed by atoms with E-state index in [9.17, 15) is 4.39 Å². The number of methoxy groups -OCH3 is 4. The lowest BCUT2D eigenvalue weighted by molar-refractivity contribution is 0.324. The van der Waals surface area contributed by atoms with Gasteiger partial charge in [-0.1, -0.05) is 17.8 Å². The van der Waals surface area contributed by atoms with Crippen LogP contribution in [0.1, 0.15) is 5.56 Å². The van der Waals surface area contributed by atoms with E-state index >= 15 is 0 Å². The zero-order valence-corrected chi connectivity index (χ0v) is 16.6. The van der Waals surface area contributed by atoms with Crippen LogP contribution < -0.4 is 18.9 Å². The van der Waals surface area contributed by atoms with E-state index in [2.05, 4.69) is 10.2 Å². The van der Waals surface area contributed by atoms with Gasteiger partial charge in [0.25, 0.3) is 5.22 Å². The fourth-order valence-electron chi connectivity index (χ4n) is 2.53. The molecule has 0 atom stereocenters. The maximum Gasteiger partial charge on any atom is 0.277 e. The van der Waals surface area contributed by atoms with Crippen LogP contribution in [0, 0.1) is 5.82 Å². The molecule has 0 N–H and O–H groups in total. The highest BCUT2D eigenvalue weighted by Gasteiger charge is 2.17. The predicted octanol–water partition coefficient (Wildman–Crippen LogP) is 4.20. The second-order valence-corrected chi connectivity index (χ2v) is 6.47. The molecule has 0 unspecified atom stereocenters. The normalized spacial score (nSPS) is 10.6. The Balaban J connectivity index is 1.78. The van der Waals surface area contributed by atoms with Crippen LogP contribution >= 0.6 is 11.8 Å². The molecule has 0 spiro atoms. The Kier molecular flexibility index (Phi) is 6.25. The number of nitrogens with zero attached hydrogens (tertiary/aromatic N) is 2. The summed E-state index contributed by atoms with van der Waals surface area (Å²) in [5.41, 5.74) is 1.40. The van der Waals surface area contributed by atoms with E-state index in [0.29, 0.717) is 39.7 Å². The van der Waals surface area contributed by atoms with E-state index in [-0.39, 0.29) is 5.75 Å². The highest BCUT2D eigenvalue weighted by molar-refractivity contribution is 7.98. The Morgan fingerprint density at radius 3 is 2.14 bits per heavy atom. The topological polar surface area (TPSA) is 75.8 Å². The van der Waals surface area contributed by atoms with E-state index in [4.69, 9.17) is 23.4 Å². The molecule has 2 aromatic carbocycles. The predicted molar refractivity (Wildman–Crippen MR) is 102 cm³/mol. The second kappa shape index (κ2) is 8.83. The summed E-state index contributed by atoms with van der Waals surface area (Å²) in [6.45, 7) is 0. The fourth-order valence-corrected chi connectivity index (χ4v) is 3.24. The van der Waals surface area contributed by atoms with Crippen LogP contribution in [0.3, 0.4) is 0 Å². The molecule has 0 aliphatic rings. The van der Waals surface area contributed by atoms with Gasteiger partial charge in [0.05, 0.1) is 28.4 Å². The van der Waals surface area contributed by atoms with E-state index < -0.39 is 5.82 Å². The van der Waals surface area contributed by atoms with Gasteiger partial charge in [-0.3, -0.25) is 0 Å². The third kappa shape index (κ3) is 4.14. The van der Waals surface area contributed by atoms with Crippen LogP contribution in [-0.2, 0) is 5.75 Å². The number of rotatable bonds is 8. The summed E-state index contributed by atoms with van der Waals surface area (Å²) in [6, 6.07) is 8.23. The van der Waals surface area contributed by atoms with Crippen LogP contribution in [0.4, 0.5) is 4.39 Å². The van der Waals surface area contributed by atoms with Crippen molar-refractivity contribution in [2.75, 3.05) is 28.4 Å². The molecule has 0 radical (unpaired) electrons. The first-order valence-corrected chi connectivity index (χ1v) is 9.17. The minimum atomic E-state index is -0.413. The van der Waals surface area contributed by atoms with E-state index in [1.54, 1.807) is 24.3 Å². The van der Waals surface area contributed by atoms with Crippen molar-refractivity contribution in [2.45, 2.75) is 11.0 Å². The summed E-state index contributed by atoms with van der Waals surface area (Å²) in [5, 5.41) is 8.46. The van der Waals surface area contributed by atoms with Gasteiger partial charge >= 0.3 is 0 Å². The Bertz CT molecular complexity index is 938. The van der Waals surface area contributed by atoms with Crippen molar-refractivity contribution in [2.24, 2.45) is 0 Å². The maximum atomic E-state index is 13.8. The van der Waals surface area contributed by atoms with Gasteiger partial charge in [-0.15, -0.1) is 10.2 Å². The Morgan fingerprint density at radius 1 is 0.893 bits per heavy atom. The van der Waals surface area contributed by atoms with Crippen LogP contribution in [0.2, 0.25) is 0 Å². The van der Waals surface area contributed by atoms with Crippen molar-refractivity contribution >= 4 is 11.8 Å². The number of aromatic nitrogens is 2. The average Bonchev–Trinajstić information content (AvgIpc) is 3.20. The number of halogens is 1. The van der Waals surface area contributed by atoms with Crippen LogP contribution in [0.15, 0.2) is 40.0 Å². The van der Waals surface area contributed by atoms with E-state index in [1.807, 2.05) is 0 Å². The molecular weight excluding hydrogens is 387 g/mol. The van der Waals surface area contributed by atoms with Gasteiger partial charge in [0.15, 0.2) is 23.1 Å². The Labute approximate surface area is 165 Å². The summed E-state index contributed by atoms with van der Waals surface area (Å²) >= 11 is 1.30. The van der Waals surface area contributed by atoms with E-state index in [0.717, 1.165) is 5.56 Å². The lowest BCUT2D eigenvalue weighted by Gasteiger charge is -2.12.